The quantitative estimate of drug-likeness (QED) is 0.563. The maximum absolute atomic E-state index is 13.6. The highest BCUT2D eigenvalue weighted by molar-refractivity contribution is 5.83. The molecule has 0 bridgehead atoms. The number of halogens is 1. The predicted molar refractivity (Wildman–Crippen MR) is 114 cm³/mol. The molecule has 154 valence electrons. The number of benzene rings is 2. The van der Waals surface area contributed by atoms with Crippen LogP contribution in [0.1, 0.15) is 37.3 Å². The third-order valence-electron chi connectivity index (χ3n) is 5.78. The summed E-state index contributed by atoms with van der Waals surface area (Å²) in [6.07, 6.45) is 6.93. The number of methoxy groups -OCH3 is 1. The molecule has 0 radical (unpaired) electrons. The molecule has 4 rings (SSSR count). The first-order valence-corrected chi connectivity index (χ1v) is 10.5. The Kier molecular flexibility index (Phi) is 6.05. The molecule has 2 heterocycles. The van der Waals surface area contributed by atoms with E-state index >= 15 is 0 Å². The van der Waals surface area contributed by atoms with E-state index in [-0.39, 0.29) is 18.0 Å². The van der Waals surface area contributed by atoms with Gasteiger partial charge in [-0.25, -0.2) is 4.39 Å². The van der Waals surface area contributed by atoms with Crippen LogP contribution in [0.4, 0.5) is 4.39 Å². The molecule has 0 aliphatic carbocycles. The second kappa shape index (κ2) is 8.87. The summed E-state index contributed by atoms with van der Waals surface area (Å²) in [5.74, 6) is 1.63. The predicted octanol–water partition coefficient (Wildman–Crippen LogP) is 5.01. The summed E-state index contributed by atoms with van der Waals surface area (Å²) in [6.45, 7) is 3.15. The van der Waals surface area contributed by atoms with Crippen molar-refractivity contribution in [2.45, 2.75) is 51.2 Å². The molecule has 5 heteroatoms. The van der Waals surface area contributed by atoms with Gasteiger partial charge < -0.3 is 19.8 Å². The molecular formula is C24H29FN2O2. The lowest BCUT2D eigenvalue weighted by molar-refractivity contribution is 0.121. The zero-order valence-corrected chi connectivity index (χ0v) is 17.1. The molecule has 0 saturated carbocycles. The smallest absolute Gasteiger partial charge is 0.126 e. The number of nitrogens with one attached hydrogen (secondary N) is 2. The van der Waals surface area contributed by atoms with Gasteiger partial charge in [-0.3, -0.25) is 0 Å². The first kappa shape index (κ1) is 19.8. The summed E-state index contributed by atoms with van der Waals surface area (Å²) in [5.41, 5.74) is 3.29. The van der Waals surface area contributed by atoms with Crippen molar-refractivity contribution in [3.63, 3.8) is 0 Å². The van der Waals surface area contributed by atoms with Crippen LogP contribution < -0.4 is 14.8 Å². The number of aromatic amines is 1. The molecule has 29 heavy (non-hydrogen) atoms. The number of aromatic nitrogens is 1. The molecule has 2 N–H and O–H groups in total. The Hall–Kier alpha value is -2.53. The molecule has 2 atom stereocenters. The van der Waals surface area contributed by atoms with Crippen LogP contribution in [0.5, 0.6) is 11.5 Å². The highest BCUT2D eigenvalue weighted by Crippen LogP contribution is 2.36. The van der Waals surface area contributed by atoms with Crippen LogP contribution in [0.15, 0.2) is 42.6 Å². The maximum Gasteiger partial charge on any atom is 0.126 e. The van der Waals surface area contributed by atoms with E-state index in [1.54, 1.807) is 19.2 Å². The van der Waals surface area contributed by atoms with E-state index in [9.17, 15) is 4.39 Å². The number of H-pyrrole nitrogens is 1. The molecule has 0 amide bonds. The number of fused-ring (bicyclic) bond motifs is 2. The Morgan fingerprint density at radius 1 is 1.28 bits per heavy atom. The van der Waals surface area contributed by atoms with E-state index in [0.29, 0.717) is 0 Å². The Morgan fingerprint density at radius 2 is 2.17 bits per heavy atom. The third kappa shape index (κ3) is 4.25. The molecule has 1 aliphatic heterocycles. The minimum atomic E-state index is -0.191. The van der Waals surface area contributed by atoms with Gasteiger partial charge in [0.05, 0.1) is 7.11 Å². The van der Waals surface area contributed by atoms with E-state index in [0.717, 1.165) is 72.2 Å². The zero-order valence-electron chi connectivity index (χ0n) is 17.1. The van der Waals surface area contributed by atoms with Gasteiger partial charge in [-0.1, -0.05) is 13.0 Å². The SMILES string of the molecule is CCCN[C@H]1Cc2c(OC)cccc2OC1CCCc1c[nH]c2ccc(F)cc12. The molecule has 0 fully saturated rings. The second-order valence-corrected chi connectivity index (χ2v) is 7.75. The van der Waals surface area contributed by atoms with Crippen molar-refractivity contribution in [3.8, 4) is 11.5 Å². The highest BCUT2D eigenvalue weighted by atomic mass is 19.1. The van der Waals surface area contributed by atoms with Crippen molar-refractivity contribution in [3.05, 3.63) is 59.5 Å². The number of hydrogen-bond acceptors (Lipinski definition) is 3. The summed E-state index contributed by atoms with van der Waals surface area (Å²) in [6, 6.07) is 11.2. The fourth-order valence-electron chi connectivity index (χ4n) is 4.29. The van der Waals surface area contributed by atoms with Crippen LogP contribution in [-0.2, 0) is 12.8 Å². The lowest BCUT2D eigenvalue weighted by Gasteiger charge is -2.35. The average Bonchev–Trinajstić information content (AvgIpc) is 3.13. The number of aryl methyl sites for hydroxylation is 1. The third-order valence-corrected chi connectivity index (χ3v) is 5.78. The molecule has 3 aromatic rings. The maximum atomic E-state index is 13.6. The van der Waals surface area contributed by atoms with Crippen molar-refractivity contribution in [2.75, 3.05) is 13.7 Å². The number of rotatable bonds is 8. The van der Waals surface area contributed by atoms with Crippen LogP contribution in [0.2, 0.25) is 0 Å². The van der Waals surface area contributed by atoms with Crippen LogP contribution in [-0.4, -0.2) is 30.8 Å². The fraction of sp³-hybridized carbons (Fsp3) is 0.417. The molecule has 1 unspecified atom stereocenters. The first-order chi connectivity index (χ1) is 14.2. The van der Waals surface area contributed by atoms with Gasteiger partial charge in [-0.15, -0.1) is 0 Å². The minimum absolute atomic E-state index is 0.114. The van der Waals surface area contributed by atoms with Crippen LogP contribution >= 0.6 is 0 Å². The second-order valence-electron chi connectivity index (χ2n) is 7.75. The van der Waals surface area contributed by atoms with Crippen molar-refractivity contribution >= 4 is 10.9 Å². The Bertz CT molecular complexity index is 969. The lowest BCUT2D eigenvalue weighted by Crippen LogP contribution is -2.47. The Morgan fingerprint density at radius 3 is 3.00 bits per heavy atom. The van der Waals surface area contributed by atoms with Crippen LogP contribution in [0.3, 0.4) is 0 Å². The summed E-state index contributed by atoms with van der Waals surface area (Å²) in [4.78, 5) is 3.24. The monoisotopic (exact) mass is 396 g/mol. The van der Waals surface area contributed by atoms with Crippen molar-refractivity contribution in [1.29, 1.82) is 0 Å². The fourth-order valence-corrected chi connectivity index (χ4v) is 4.29. The average molecular weight is 397 g/mol. The van der Waals surface area contributed by atoms with Crippen molar-refractivity contribution in [1.82, 2.24) is 10.3 Å². The van der Waals surface area contributed by atoms with Crippen molar-refractivity contribution in [2.24, 2.45) is 0 Å². The van der Waals surface area contributed by atoms with E-state index < -0.39 is 0 Å². The molecule has 0 spiro atoms. The lowest BCUT2D eigenvalue weighted by atomic mass is 9.92. The number of ether oxygens (including phenoxy) is 2. The highest BCUT2D eigenvalue weighted by Gasteiger charge is 2.31. The van der Waals surface area contributed by atoms with Gasteiger partial charge in [-0.05, 0) is 74.5 Å². The first-order valence-electron chi connectivity index (χ1n) is 10.5. The minimum Gasteiger partial charge on any atom is -0.496 e. The van der Waals surface area contributed by atoms with Crippen LogP contribution in [0.25, 0.3) is 10.9 Å². The largest absolute Gasteiger partial charge is 0.496 e. The summed E-state index contributed by atoms with van der Waals surface area (Å²) in [7, 11) is 1.71. The van der Waals surface area contributed by atoms with E-state index in [2.05, 4.69) is 17.2 Å². The summed E-state index contributed by atoms with van der Waals surface area (Å²) >= 11 is 0. The standard InChI is InChI=1S/C24H29FN2O2/c1-3-12-26-21-14-19-22(28-2)7-5-8-23(19)29-24(21)9-4-6-16-15-27-20-11-10-17(25)13-18(16)20/h5,7-8,10-11,13,15,21,24,26-27H,3-4,6,9,12,14H2,1-2H3/t21-,24?/m0/s1. The van der Waals surface area contributed by atoms with Gasteiger partial charge in [0.15, 0.2) is 0 Å². The van der Waals surface area contributed by atoms with Gasteiger partial charge >= 0.3 is 0 Å². The molecule has 4 nitrogen and oxygen atoms in total. The summed E-state index contributed by atoms with van der Waals surface area (Å²) < 4.78 is 25.6. The molecular weight excluding hydrogens is 367 g/mol. The normalized spacial score (nSPS) is 18.4. The Labute approximate surface area is 171 Å². The van der Waals surface area contributed by atoms with Crippen molar-refractivity contribution < 1.29 is 13.9 Å². The zero-order chi connectivity index (χ0) is 20.2. The van der Waals surface area contributed by atoms with Gasteiger partial charge in [0.25, 0.3) is 0 Å². The Balaban J connectivity index is 1.46. The van der Waals surface area contributed by atoms with Gasteiger partial charge in [0, 0.05) is 28.7 Å². The molecule has 2 aromatic carbocycles. The topological polar surface area (TPSA) is 46.3 Å². The summed E-state index contributed by atoms with van der Waals surface area (Å²) in [5, 5.41) is 4.64. The molecule has 1 aliphatic rings. The number of hydrogen-bond donors (Lipinski definition) is 2. The molecule has 1 aromatic heterocycles. The van der Waals surface area contributed by atoms with E-state index in [4.69, 9.17) is 9.47 Å². The van der Waals surface area contributed by atoms with E-state index in [1.165, 1.54) is 6.07 Å². The van der Waals surface area contributed by atoms with Gasteiger partial charge in [0.1, 0.15) is 23.4 Å². The van der Waals surface area contributed by atoms with Crippen LogP contribution in [0, 0.1) is 5.82 Å². The van der Waals surface area contributed by atoms with Gasteiger partial charge in [0.2, 0.25) is 0 Å². The van der Waals surface area contributed by atoms with E-state index in [1.807, 2.05) is 24.4 Å². The van der Waals surface area contributed by atoms with Gasteiger partial charge in [-0.2, -0.15) is 0 Å². The molecule has 0 saturated heterocycles.